The molecule has 2 atom stereocenters. The normalized spacial score (nSPS) is 19.4. The van der Waals surface area contributed by atoms with Gasteiger partial charge >= 0.3 is 5.97 Å². The Morgan fingerprint density at radius 3 is 2.71 bits per heavy atom. The molecule has 2 unspecified atom stereocenters. The van der Waals surface area contributed by atoms with Crippen LogP contribution in [0.3, 0.4) is 0 Å². The average Bonchev–Trinajstić information content (AvgIpc) is 2.99. The van der Waals surface area contributed by atoms with Crippen molar-refractivity contribution in [3.8, 4) is 0 Å². The molecule has 1 aliphatic rings. The molecular formula is C19H19Cl2NO2. The Labute approximate surface area is 151 Å². The smallest absolute Gasteiger partial charge is 0.320 e. The van der Waals surface area contributed by atoms with E-state index in [2.05, 4.69) is 6.07 Å². The third kappa shape index (κ3) is 3.44. The molecule has 0 aliphatic carbocycles. The van der Waals surface area contributed by atoms with Gasteiger partial charge in [-0.3, -0.25) is 9.69 Å². The first-order chi connectivity index (χ1) is 11.5. The highest BCUT2D eigenvalue weighted by Crippen LogP contribution is 2.39. The molecule has 0 radical (unpaired) electrons. The minimum atomic E-state index is -0.782. The van der Waals surface area contributed by atoms with E-state index in [9.17, 15) is 9.90 Å². The molecule has 3 nitrogen and oxygen atoms in total. The molecule has 2 aromatic carbocycles. The number of aliphatic carboxylic acids is 1. The Morgan fingerprint density at radius 2 is 2.04 bits per heavy atom. The second-order valence-corrected chi connectivity index (χ2v) is 7.06. The summed E-state index contributed by atoms with van der Waals surface area (Å²) in [6.07, 6.45) is 1.52. The van der Waals surface area contributed by atoms with Gasteiger partial charge in [0.1, 0.15) is 6.04 Å². The van der Waals surface area contributed by atoms with Crippen molar-refractivity contribution >= 4 is 29.2 Å². The molecular weight excluding hydrogens is 345 g/mol. The number of nitrogens with zero attached hydrogens (tertiary/aromatic N) is 1. The van der Waals surface area contributed by atoms with Crippen molar-refractivity contribution in [2.75, 3.05) is 6.54 Å². The van der Waals surface area contributed by atoms with Gasteiger partial charge in [0.05, 0.1) is 6.04 Å². The second kappa shape index (κ2) is 7.14. The molecule has 1 aliphatic heterocycles. The van der Waals surface area contributed by atoms with E-state index in [4.69, 9.17) is 23.2 Å². The highest BCUT2D eigenvalue weighted by Gasteiger charge is 2.37. The van der Waals surface area contributed by atoms with Crippen LogP contribution >= 0.6 is 23.2 Å². The van der Waals surface area contributed by atoms with Crippen LogP contribution in [0.15, 0.2) is 42.5 Å². The summed E-state index contributed by atoms with van der Waals surface area (Å²) in [5.41, 5.74) is 3.07. The van der Waals surface area contributed by atoms with E-state index in [0.717, 1.165) is 29.7 Å². The Balaban J connectivity index is 2.12. The lowest BCUT2D eigenvalue weighted by molar-refractivity contribution is -0.142. The molecule has 0 spiro atoms. The van der Waals surface area contributed by atoms with Gasteiger partial charge in [0.2, 0.25) is 0 Å². The van der Waals surface area contributed by atoms with Crippen molar-refractivity contribution in [2.24, 2.45) is 0 Å². The minimum Gasteiger partial charge on any atom is -0.480 e. The third-order valence-corrected chi connectivity index (χ3v) is 5.09. The fourth-order valence-electron chi connectivity index (χ4n) is 3.48. The zero-order valence-corrected chi connectivity index (χ0v) is 14.9. The number of carboxylic acids is 1. The van der Waals surface area contributed by atoms with Crippen molar-refractivity contribution in [1.29, 1.82) is 0 Å². The molecule has 1 heterocycles. The van der Waals surface area contributed by atoms with Crippen LogP contribution in [0.2, 0.25) is 10.0 Å². The van der Waals surface area contributed by atoms with Crippen LogP contribution in [-0.2, 0) is 4.79 Å². The quantitative estimate of drug-likeness (QED) is 0.835. The molecule has 1 fully saturated rings. The van der Waals surface area contributed by atoms with Crippen molar-refractivity contribution < 1.29 is 9.90 Å². The molecule has 0 saturated carbocycles. The van der Waals surface area contributed by atoms with Gasteiger partial charge in [-0.25, -0.2) is 0 Å². The van der Waals surface area contributed by atoms with E-state index in [1.165, 1.54) is 0 Å². The minimum absolute atomic E-state index is 0.196. The summed E-state index contributed by atoms with van der Waals surface area (Å²) < 4.78 is 0. The molecule has 126 valence electrons. The zero-order chi connectivity index (χ0) is 17.3. The van der Waals surface area contributed by atoms with E-state index in [0.29, 0.717) is 16.5 Å². The highest BCUT2D eigenvalue weighted by molar-refractivity contribution is 6.35. The van der Waals surface area contributed by atoms with E-state index in [1.807, 2.05) is 36.1 Å². The van der Waals surface area contributed by atoms with Crippen LogP contribution in [0, 0.1) is 6.92 Å². The van der Waals surface area contributed by atoms with Crippen molar-refractivity contribution in [2.45, 2.75) is 31.8 Å². The Bertz CT molecular complexity index is 763. The monoisotopic (exact) mass is 363 g/mol. The summed E-state index contributed by atoms with van der Waals surface area (Å²) in [6, 6.07) is 12.9. The number of aryl methyl sites for hydroxylation is 1. The Hall–Kier alpha value is -1.55. The Morgan fingerprint density at radius 1 is 1.25 bits per heavy atom. The number of halogens is 2. The summed E-state index contributed by atoms with van der Waals surface area (Å²) >= 11 is 12.5. The van der Waals surface area contributed by atoms with Gasteiger partial charge in [0, 0.05) is 16.6 Å². The maximum atomic E-state index is 11.7. The van der Waals surface area contributed by atoms with Gasteiger partial charge in [-0.05, 0) is 43.0 Å². The predicted molar refractivity (Wildman–Crippen MR) is 96.8 cm³/mol. The molecule has 1 saturated heterocycles. The van der Waals surface area contributed by atoms with E-state index in [-0.39, 0.29) is 6.04 Å². The van der Waals surface area contributed by atoms with Crippen molar-refractivity contribution in [1.82, 2.24) is 4.90 Å². The summed E-state index contributed by atoms with van der Waals surface area (Å²) in [5, 5.41) is 10.7. The Kier molecular flexibility index (Phi) is 5.14. The summed E-state index contributed by atoms with van der Waals surface area (Å²) in [5.74, 6) is -0.782. The molecule has 0 bridgehead atoms. The van der Waals surface area contributed by atoms with E-state index < -0.39 is 12.0 Å². The number of benzene rings is 2. The lowest BCUT2D eigenvalue weighted by atomic mass is 9.95. The molecule has 2 aromatic rings. The second-order valence-electron chi connectivity index (χ2n) is 6.22. The predicted octanol–water partition coefficient (Wildman–Crippen LogP) is 4.94. The maximum Gasteiger partial charge on any atom is 0.320 e. The average molecular weight is 364 g/mol. The highest BCUT2D eigenvalue weighted by atomic mass is 35.5. The standard InChI is InChI=1S/C19H19Cl2NO2/c1-12-4-2-5-13(10-12)18(15-8-7-14(20)11-16(15)21)22-9-3-6-17(22)19(23)24/h2,4-5,7-8,10-11,17-18H,3,6,9H2,1H3,(H,23,24). The first-order valence-electron chi connectivity index (χ1n) is 7.97. The summed E-state index contributed by atoms with van der Waals surface area (Å²) in [4.78, 5) is 13.7. The molecule has 1 N–H and O–H groups in total. The number of likely N-dealkylation sites (tertiary alicyclic amines) is 1. The largest absolute Gasteiger partial charge is 0.480 e. The molecule has 0 aromatic heterocycles. The summed E-state index contributed by atoms with van der Waals surface area (Å²) in [6.45, 7) is 2.76. The van der Waals surface area contributed by atoms with Crippen LogP contribution in [0.4, 0.5) is 0 Å². The lowest BCUT2D eigenvalue weighted by Crippen LogP contribution is -2.39. The maximum absolute atomic E-state index is 11.7. The van der Waals surface area contributed by atoms with Gasteiger partial charge in [0.15, 0.2) is 0 Å². The number of carbonyl (C=O) groups is 1. The lowest BCUT2D eigenvalue weighted by Gasteiger charge is -2.32. The number of hydrogen-bond acceptors (Lipinski definition) is 2. The topological polar surface area (TPSA) is 40.5 Å². The van der Waals surface area contributed by atoms with Crippen LogP contribution in [0.5, 0.6) is 0 Å². The SMILES string of the molecule is Cc1cccc(C(c2ccc(Cl)cc2Cl)N2CCCC2C(=O)O)c1. The van der Waals surface area contributed by atoms with Crippen molar-refractivity contribution in [3.05, 3.63) is 69.2 Å². The molecule has 3 rings (SSSR count). The first kappa shape index (κ1) is 17.3. The van der Waals surface area contributed by atoms with Gasteiger partial charge in [-0.15, -0.1) is 0 Å². The van der Waals surface area contributed by atoms with Crippen LogP contribution in [0.25, 0.3) is 0 Å². The first-order valence-corrected chi connectivity index (χ1v) is 8.73. The van der Waals surface area contributed by atoms with Crippen LogP contribution in [-0.4, -0.2) is 28.6 Å². The third-order valence-electron chi connectivity index (χ3n) is 4.53. The molecule has 0 amide bonds. The number of carboxylic acid groups (broad SMARTS) is 1. The molecule has 5 heteroatoms. The van der Waals surface area contributed by atoms with Gasteiger partial charge in [-0.1, -0.05) is 59.1 Å². The summed E-state index contributed by atoms with van der Waals surface area (Å²) in [7, 11) is 0. The zero-order valence-electron chi connectivity index (χ0n) is 13.4. The number of hydrogen-bond donors (Lipinski definition) is 1. The number of rotatable bonds is 4. The molecule has 24 heavy (non-hydrogen) atoms. The fraction of sp³-hybridized carbons (Fsp3) is 0.316. The fourth-order valence-corrected chi connectivity index (χ4v) is 3.99. The van der Waals surface area contributed by atoms with E-state index >= 15 is 0 Å². The van der Waals surface area contributed by atoms with Crippen LogP contribution < -0.4 is 0 Å². The van der Waals surface area contributed by atoms with Gasteiger partial charge in [-0.2, -0.15) is 0 Å². The van der Waals surface area contributed by atoms with E-state index in [1.54, 1.807) is 12.1 Å². The van der Waals surface area contributed by atoms with Crippen molar-refractivity contribution in [3.63, 3.8) is 0 Å². The van der Waals surface area contributed by atoms with Gasteiger partial charge < -0.3 is 5.11 Å². The van der Waals surface area contributed by atoms with Crippen LogP contribution in [0.1, 0.15) is 35.6 Å². The van der Waals surface area contributed by atoms with Gasteiger partial charge in [0.25, 0.3) is 0 Å².